The van der Waals surface area contributed by atoms with Crippen molar-refractivity contribution in [2.45, 2.75) is 44.6 Å². The second kappa shape index (κ2) is 7.61. The Morgan fingerprint density at radius 3 is 2.72 bits per heavy atom. The molecule has 18 heavy (non-hydrogen) atoms. The van der Waals surface area contributed by atoms with Crippen molar-refractivity contribution in [1.82, 2.24) is 10.6 Å². The fourth-order valence-electron chi connectivity index (χ4n) is 2.63. The zero-order valence-corrected chi connectivity index (χ0v) is 12.8. The van der Waals surface area contributed by atoms with Crippen LogP contribution >= 0.6 is 24.2 Å². The highest BCUT2D eigenvalue weighted by Crippen LogP contribution is 2.23. The number of halogens is 1. The first-order valence-electron chi connectivity index (χ1n) is 6.82. The van der Waals surface area contributed by atoms with Gasteiger partial charge in [0, 0.05) is 6.54 Å². The standard InChI is InChI=1S/C13H24N2OS.ClH/c1-13(6-2-3-7-15-13)12(16)14-10-11-4-8-17-9-5-11;/h11,15H,2-10H2,1H3,(H,14,16);1H. The predicted octanol–water partition coefficient (Wildman–Crippen LogP) is 2.20. The Balaban J connectivity index is 0.00000162. The van der Waals surface area contributed by atoms with E-state index < -0.39 is 0 Å². The highest BCUT2D eigenvalue weighted by atomic mass is 35.5. The Hall–Kier alpha value is 0.0700. The molecule has 2 aliphatic heterocycles. The van der Waals surface area contributed by atoms with Crippen LogP contribution in [0.3, 0.4) is 0 Å². The lowest BCUT2D eigenvalue weighted by atomic mass is 9.90. The third kappa shape index (κ3) is 4.32. The molecule has 0 aliphatic carbocycles. The Kier molecular flexibility index (Phi) is 6.82. The van der Waals surface area contributed by atoms with Gasteiger partial charge in [-0.1, -0.05) is 0 Å². The summed E-state index contributed by atoms with van der Waals surface area (Å²) in [6, 6.07) is 0. The number of rotatable bonds is 3. The zero-order valence-electron chi connectivity index (χ0n) is 11.2. The van der Waals surface area contributed by atoms with Crippen molar-refractivity contribution in [2.75, 3.05) is 24.6 Å². The van der Waals surface area contributed by atoms with Gasteiger partial charge in [0.2, 0.25) is 5.91 Å². The molecule has 0 aromatic rings. The van der Waals surface area contributed by atoms with E-state index in [1.807, 2.05) is 18.7 Å². The quantitative estimate of drug-likeness (QED) is 0.838. The van der Waals surface area contributed by atoms with E-state index in [1.54, 1.807) is 0 Å². The zero-order chi connectivity index (χ0) is 12.1. The molecule has 1 unspecified atom stereocenters. The number of hydrogen-bond donors (Lipinski definition) is 2. The van der Waals surface area contributed by atoms with Gasteiger partial charge in [0.25, 0.3) is 0 Å². The third-order valence-corrected chi connectivity index (χ3v) is 5.06. The third-order valence-electron chi connectivity index (χ3n) is 4.01. The Morgan fingerprint density at radius 1 is 1.39 bits per heavy atom. The molecule has 0 bridgehead atoms. The van der Waals surface area contributed by atoms with Crippen molar-refractivity contribution in [2.24, 2.45) is 5.92 Å². The summed E-state index contributed by atoms with van der Waals surface area (Å²) in [4.78, 5) is 12.2. The van der Waals surface area contributed by atoms with Crippen LogP contribution in [0, 0.1) is 5.92 Å². The van der Waals surface area contributed by atoms with Gasteiger partial charge in [-0.05, 0) is 63.0 Å². The largest absolute Gasteiger partial charge is 0.354 e. The van der Waals surface area contributed by atoms with Crippen LogP contribution in [-0.2, 0) is 4.79 Å². The molecule has 3 nitrogen and oxygen atoms in total. The number of nitrogens with one attached hydrogen (secondary N) is 2. The van der Waals surface area contributed by atoms with Gasteiger partial charge in [0.1, 0.15) is 0 Å². The lowest BCUT2D eigenvalue weighted by Gasteiger charge is -2.34. The topological polar surface area (TPSA) is 41.1 Å². The van der Waals surface area contributed by atoms with Crippen molar-refractivity contribution in [3.63, 3.8) is 0 Å². The van der Waals surface area contributed by atoms with E-state index in [-0.39, 0.29) is 23.9 Å². The van der Waals surface area contributed by atoms with Crippen LogP contribution in [0.2, 0.25) is 0 Å². The van der Waals surface area contributed by atoms with E-state index in [2.05, 4.69) is 10.6 Å². The van der Waals surface area contributed by atoms with Gasteiger partial charge in [-0.25, -0.2) is 0 Å². The summed E-state index contributed by atoms with van der Waals surface area (Å²) >= 11 is 2.04. The molecule has 2 fully saturated rings. The molecule has 106 valence electrons. The van der Waals surface area contributed by atoms with Crippen molar-refractivity contribution < 1.29 is 4.79 Å². The molecule has 1 amide bonds. The van der Waals surface area contributed by atoms with Gasteiger partial charge in [-0.2, -0.15) is 11.8 Å². The van der Waals surface area contributed by atoms with E-state index in [9.17, 15) is 4.79 Å². The highest BCUT2D eigenvalue weighted by molar-refractivity contribution is 7.99. The van der Waals surface area contributed by atoms with Crippen LogP contribution in [0.5, 0.6) is 0 Å². The van der Waals surface area contributed by atoms with Gasteiger partial charge in [0.05, 0.1) is 5.54 Å². The average Bonchev–Trinajstić information content (AvgIpc) is 2.38. The maximum absolute atomic E-state index is 12.2. The summed E-state index contributed by atoms with van der Waals surface area (Å²) < 4.78 is 0. The van der Waals surface area contributed by atoms with Crippen molar-refractivity contribution >= 4 is 30.1 Å². The molecule has 1 atom stereocenters. The fourth-order valence-corrected chi connectivity index (χ4v) is 3.84. The maximum atomic E-state index is 12.2. The van der Waals surface area contributed by atoms with Gasteiger partial charge in [-0.15, -0.1) is 12.4 Å². The number of carbonyl (C=O) groups is 1. The van der Waals surface area contributed by atoms with Crippen molar-refractivity contribution in [3.05, 3.63) is 0 Å². The lowest BCUT2D eigenvalue weighted by molar-refractivity contribution is -0.128. The van der Waals surface area contributed by atoms with Gasteiger partial charge >= 0.3 is 0 Å². The number of carbonyl (C=O) groups excluding carboxylic acids is 1. The normalized spacial score (nSPS) is 29.4. The molecule has 0 radical (unpaired) electrons. The Labute approximate surface area is 121 Å². The Bertz CT molecular complexity index is 264. The summed E-state index contributed by atoms with van der Waals surface area (Å²) in [5.41, 5.74) is -0.318. The van der Waals surface area contributed by atoms with Crippen LogP contribution in [0.15, 0.2) is 0 Å². The van der Waals surface area contributed by atoms with Crippen LogP contribution in [-0.4, -0.2) is 36.0 Å². The van der Waals surface area contributed by atoms with Crippen LogP contribution in [0.4, 0.5) is 0 Å². The van der Waals surface area contributed by atoms with Crippen molar-refractivity contribution in [3.8, 4) is 0 Å². The van der Waals surface area contributed by atoms with Gasteiger partial charge < -0.3 is 10.6 Å². The summed E-state index contributed by atoms with van der Waals surface area (Å²) in [6.45, 7) is 3.89. The van der Waals surface area contributed by atoms with E-state index in [1.165, 1.54) is 30.8 Å². The first-order chi connectivity index (χ1) is 8.21. The molecule has 0 aromatic carbocycles. The number of piperidine rings is 1. The molecule has 2 aliphatic rings. The molecule has 2 rings (SSSR count). The van der Waals surface area contributed by atoms with E-state index >= 15 is 0 Å². The number of thioether (sulfide) groups is 1. The summed E-state index contributed by atoms with van der Waals surface area (Å²) in [5, 5.41) is 6.52. The predicted molar refractivity (Wildman–Crippen MR) is 80.6 cm³/mol. The number of hydrogen-bond acceptors (Lipinski definition) is 3. The smallest absolute Gasteiger partial charge is 0.240 e. The van der Waals surface area contributed by atoms with E-state index in [0.29, 0.717) is 5.92 Å². The lowest BCUT2D eigenvalue weighted by Crippen LogP contribution is -2.57. The first-order valence-corrected chi connectivity index (χ1v) is 7.97. The summed E-state index contributed by atoms with van der Waals surface area (Å²) in [7, 11) is 0. The molecule has 2 heterocycles. The number of amides is 1. The van der Waals surface area contributed by atoms with Gasteiger partial charge in [-0.3, -0.25) is 4.79 Å². The molecular formula is C13H25ClN2OS. The van der Waals surface area contributed by atoms with E-state index in [0.717, 1.165) is 25.9 Å². The molecule has 2 saturated heterocycles. The minimum atomic E-state index is -0.318. The summed E-state index contributed by atoms with van der Waals surface area (Å²) in [5.74, 6) is 3.43. The molecule has 5 heteroatoms. The first kappa shape index (κ1) is 16.1. The second-order valence-electron chi connectivity index (χ2n) is 5.48. The van der Waals surface area contributed by atoms with Crippen LogP contribution in [0.25, 0.3) is 0 Å². The van der Waals surface area contributed by atoms with Crippen molar-refractivity contribution in [1.29, 1.82) is 0 Å². The average molecular weight is 293 g/mol. The highest BCUT2D eigenvalue weighted by Gasteiger charge is 2.34. The molecular weight excluding hydrogens is 268 g/mol. The van der Waals surface area contributed by atoms with Gasteiger partial charge in [0.15, 0.2) is 0 Å². The monoisotopic (exact) mass is 292 g/mol. The molecule has 0 aromatic heterocycles. The Morgan fingerprint density at radius 2 is 2.11 bits per heavy atom. The molecule has 0 spiro atoms. The minimum absolute atomic E-state index is 0. The SMILES string of the molecule is CC1(C(=O)NCC2CCSCC2)CCCCN1.Cl. The van der Waals surface area contributed by atoms with E-state index in [4.69, 9.17) is 0 Å². The summed E-state index contributed by atoms with van der Waals surface area (Å²) in [6.07, 6.45) is 5.85. The maximum Gasteiger partial charge on any atom is 0.240 e. The fraction of sp³-hybridized carbons (Fsp3) is 0.923. The molecule has 2 N–H and O–H groups in total. The second-order valence-corrected chi connectivity index (χ2v) is 6.71. The molecule has 0 saturated carbocycles. The van der Waals surface area contributed by atoms with Crippen LogP contribution < -0.4 is 10.6 Å². The van der Waals surface area contributed by atoms with Crippen LogP contribution in [0.1, 0.15) is 39.0 Å². The minimum Gasteiger partial charge on any atom is -0.354 e.